The molecule has 2 aliphatic rings. The van der Waals surface area contributed by atoms with Crippen LogP contribution in [0.3, 0.4) is 0 Å². The van der Waals surface area contributed by atoms with E-state index in [1.807, 2.05) is 0 Å². The number of sulfonamides is 1. The van der Waals surface area contributed by atoms with Crippen molar-refractivity contribution in [2.75, 3.05) is 19.3 Å². The minimum Gasteiger partial charge on any atom is -0.320 e. The van der Waals surface area contributed by atoms with Gasteiger partial charge < -0.3 is 4.90 Å². The number of rotatable bonds is 3. The van der Waals surface area contributed by atoms with Gasteiger partial charge in [-0.25, -0.2) is 8.42 Å². The van der Waals surface area contributed by atoms with Gasteiger partial charge in [-0.2, -0.15) is 4.31 Å². The van der Waals surface area contributed by atoms with E-state index in [0.29, 0.717) is 25.8 Å². The highest BCUT2D eigenvalue weighted by Crippen LogP contribution is 2.24. The highest BCUT2D eigenvalue weighted by Gasteiger charge is 2.43. The third-order valence-electron chi connectivity index (χ3n) is 3.84. The largest absolute Gasteiger partial charge is 0.320 e. The number of carbonyl (C=O) groups excluding carboxylic acids is 3. The highest BCUT2D eigenvalue weighted by atomic mass is 32.2. The molecule has 8 nitrogen and oxygen atoms in total. The Hall–Kier alpha value is -1.48. The third kappa shape index (κ3) is 3.08. The molecule has 0 aromatic carbocycles. The lowest BCUT2D eigenvalue weighted by Crippen LogP contribution is -2.62. The van der Waals surface area contributed by atoms with Crippen molar-refractivity contribution >= 4 is 27.7 Å². The van der Waals surface area contributed by atoms with E-state index in [2.05, 4.69) is 5.32 Å². The summed E-state index contributed by atoms with van der Waals surface area (Å²) in [7, 11) is -3.49. The Morgan fingerprint density at radius 2 is 2.05 bits per heavy atom. The standard InChI is InChI=1S/C12H19N3O5S/c1-3-8-11(17)13-10(16)7-14(8)12(18)9-5-4-6-15(9)21(2,19)20/h8-9H,3-7H2,1-2H3,(H,13,16,17). The van der Waals surface area contributed by atoms with Crippen molar-refractivity contribution in [2.24, 2.45) is 0 Å². The molecule has 0 aliphatic carbocycles. The van der Waals surface area contributed by atoms with Gasteiger partial charge >= 0.3 is 0 Å². The predicted octanol–water partition coefficient (Wildman–Crippen LogP) is -1.33. The van der Waals surface area contributed by atoms with E-state index in [-0.39, 0.29) is 6.54 Å². The lowest BCUT2D eigenvalue weighted by atomic mass is 10.1. The van der Waals surface area contributed by atoms with Gasteiger partial charge in [0.05, 0.1) is 6.26 Å². The maximum Gasteiger partial charge on any atom is 0.249 e. The van der Waals surface area contributed by atoms with E-state index >= 15 is 0 Å². The predicted molar refractivity (Wildman–Crippen MR) is 73.5 cm³/mol. The minimum atomic E-state index is -3.49. The summed E-state index contributed by atoms with van der Waals surface area (Å²) in [6.07, 6.45) is 2.43. The molecule has 2 fully saturated rings. The van der Waals surface area contributed by atoms with Crippen LogP contribution in [0.15, 0.2) is 0 Å². The van der Waals surface area contributed by atoms with Gasteiger partial charge in [0.2, 0.25) is 27.7 Å². The minimum absolute atomic E-state index is 0.211. The van der Waals surface area contributed by atoms with Crippen LogP contribution in [-0.4, -0.2) is 66.8 Å². The molecule has 21 heavy (non-hydrogen) atoms. The highest BCUT2D eigenvalue weighted by molar-refractivity contribution is 7.88. The van der Waals surface area contributed by atoms with Gasteiger partial charge in [0, 0.05) is 6.54 Å². The monoisotopic (exact) mass is 317 g/mol. The Labute approximate surface area is 123 Å². The second kappa shape index (κ2) is 5.72. The first-order chi connectivity index (χ1) is 9.75. The second-order valence-electron chi connectivity index (χ2n) is 5.33. The van der Waals surface area contributed by atoms with Gasteiger partial charge in [-0.05, 0) is 19.3 Å². The molecule has 2 atom stereocenters. The van der Waals surface area contributed by atoms with Crippen molar-refractivity contribution < 1.29 is 22.8 Å². The fraction of sp³-hybridized carbons (Fsp3) is 0.750. The molecule has 2 heterocycles. The third-order valence-corrected chi connectivity index (χ3v) is 5.13. The van der Waals surface area contributed by atoms with Crippen molar-refractivity contribution in [3.63, 3.8) is 0 Å². The zero-order valence-electron chi connectivity index (χ0n) is 12.0. The van der Waals surface area contributed by atoms with Crippen LogP contribution >= 0.6 is 0 Å². The summed E-state index contributed by atoms with van der Waals surface area (Å²) in [5.74, 6) is -1.51. The fourth-order valence-electron chi connectivity index (χ4n) is 2.88. The smallest absolute Gasteiger partial charge is 0.249 e. The zero-order chi connectivity index (χ0) is 15.8. The van der Waals surface area contributed by atoms with Crippen LogP contribution in [0.1, 0.15) is 26.2 Å². The quantitative estimate of drug-likeness (QED) is 0.650. The number of nitrogens with one attached hydrogen (secondary N) is 1. The van der Waals surface area contributed by atoms with Crippen molar-refractivity contribution in [3.05, 3.63) is 0 Å². The van der Waals surface area contributed by atoms with Gasteiger partial charge in [-0.15, -0.1) is 0 Å². The van der Waals surface area contributed by atoms with Crippen molar-refractivity contribution in [2.45, 2.75) is 38.3 Å². The molecule has 0 saturated carbocycles. The summed E-state index contributed by atoms with van der Waals surface area (Å²) in [5.41, 5.74) is 0. The Morgan fingerprint density at radius 3 is 2.62 bits per heavy atom. The molecule has 3 amide bonds. The van der Waals surface area contributed by atoms with Crippen molar-refractivity contribution in [1.82, 2.24) is 14.5 Å². The Bertz CT molecular complexity index is 573. The van der Waals surface area contributed by atoms with Crippen LogP contribution in [0, 0.1) is 0 Å². The van der Waals surface area contributed by atoms with Crippen LogP contribution < -0.4 is 5.32 Å². The number of imide groups is 1. The van der Waals surface area contributed by atoms with Gasteiger partial charge in [0.1, 0.15) is 18.6 Å². The first-order valence-corrected chi connectivity index (χ1v) is 8.71. The number of nitrogens with zero attached hydrogens (tertiary/aromatic N) is 2. The summed E-state index contributed by atoms with van der Waals surface area (Å²) in [6.45, 7) is 1.82. The van der Waals surface area contributed by atoms with Crippen molar-refractivity contribution in [3.8, 4) is 0 Å². The van der Waals surface area contributed by atoms with E-state index in [9.17, 15) is 22.8 Å². The molecule has 2 saturated heterocycles. The van der Waals surface area contributed by atoms with E-state index in [0.717, 1.165) is 10.6 Å². The Morgan fingerprint density at radius 1 is 1.38 bits per heavy atom. The number of piperazine rings is 1. The maximum atomic E-state index is 12.6. The zero-order valence-corrected chi connectivity index (χ0v) is 12.9. The van der Waals surface area contributed by atoms with Crippen LogP contribution in [0.5, 0.6) is 0 Å². The Kier molecular flexibility index (Phi) is 4.33. The lowest BCUT2D eigenvalue weighted by molar-refractivity contribution is -0.151. The molecule has 2 aliphatic heterocycles. The van der Waals surface area contributed by atoms with Crippen LogP contribution in [0.4, 0.5) is 0 Å². The van der Waals surface area contributed by atoms with Crippen molar-refractivity contribution in [1.29, 1.82) is 0 Å². The van der Waals surface area contributed by atoms with Crippen LogP contribution in [0.25, 0.3) is 0 Å². The molecule has 2 rings (SSSR count). The van der Waals surface area contributed by atoms with Crippen LogP contribution in [-0.2, 0) is 24.4 Å². The van der Waals surface area contributed by atoms with E-state index in [1.165, 1.54) is 4.90 Å². The normalized spacial score (nSPS) is 27.8. The molecule has 2 unspecified atom stereocenters. The van der Waals surface area contributed by atoms with E-state index in [1.54, 1.807) is 6.92 Å². The van der Waals surface area contributed by atoms with E-state index < -0.39 is 39.8 Å². The molecule has 9 heteroatoms. The lowest BCUT2D eigenvalue weighted by Gasteiger charge is -2.36. The molecule has 0 bridgehead atoms. The molecule has 1 N–H and O–H groups in total. The average Bonchev–Trinajstić information content (AvgIpc) is 2.86. The van der Waals surface area contributed by atoms with Crippen LogP contribution in [0.2, 0.25) is 0 Å². The van der Waals surface area contributed by atoms with Gasteiger partial charge in [-0.1, -0.05) is 6.92 Å². The number of carbonyl (C=O) groups is 3. The molecular weight excluding hydrogens is 298 g/mol. The average molecular weight is 317 g/mol. The van der Waals surface area contributed by atoms with E-state index in [4.69, 9.17) is 0 Å². The van der Waals surface area contributed by atoms with Gasteiger partial charge in [-0.3, -0.25) is 19.7 Å². The summed E-state index contributed by atoms with van der Waals surface area (Å²) in [5, 5.41) is 2.19. The number of hydrogen-bond donors (Lipinski definition) is 1. The summed E-state index contributed by atoms with van der Waals surface area (Å²) < 4.78 is 24.6. The molecule has 118 valence electrons. The molecule has 0 aromatic heterocycles. The fourth-order valence-corrected chi connectivity index (χ4v) is 4.00. The number of amides is 3. The topological polar surface area (TPSA) is 104 Å². The summed E-state index contributed by atoms with van der Waals surface area (Å²) >= 11 is 0. The molecule has 0 radical (unpaired) electrons. The molecular formula is C12H19N3O5S. The SMILES string of the molecule is CCC1C(=O)NC(=O)CN1C(=O)C1CCCN1S(C)(=O)=O. The maximum absolute atomic E-state index is 12.6. The molecule has 0 spiro atoms. The second-order valence-corrected chi connectivity index (χ2v) is 7.27. The Balaban J connectivity index is 2.25. The first kappa shape index (κ1) is 15.9. The first-order valence-electron chi connectivity index (χ1n) is 6.86. The van der Waals surface area contributed by atoms with Gasteiger partial charge in [0.15, 0.2) is 0 Å². The van der Waals surface area contributed by atoms with Gasteiger partial charge in [0.25, 0.3) is 0 Å². The number of hydrogen-bond acceptors (Lipinski definition) is 5. The summed E-state index contributed by atoms with van der Waals surface area (Å²) in [6, 6.07) is -1.54. The molecule has 0 aromatic rings. The summed E-state index contributed by atoms with van der Waals surface area (Å²) in [4.78, 5) is 37.1.